The third kappa shape index (κ3) is 4.40. The maximum absolute atomic E-state index is 13.8. The second-order valence-electron chi connectivity index (χ2n) is 9.59. The van der Waals surface area contributed by atoms with Crippen LogP contribution in [0, 0.1) is 6.92 Å². The van der Waals surface area contributed by atoms with E-state index in [0.717, 1.165) is 28.5 Å². The standard InChI is InChI=1S/C29H30N2O5S/c1-19-10-13-21(14-11-19)37(34,35)31-16-6-8-25(31)28(23-7-4-5-9-27(23)32)24-18-30(2)26-17-20(29(33)36-3)12-15-22(24)26/h4-5,7,9-15,17-18,25,28,32H,6,8,16H2,1-3H3/t25-,28+/m1/s1. The first-order valence-corrected chi connectivity index (χ1v) is 13.7. The van der Waals surface area contributed by atoms with Crippen molar-refractivity contribution in [2.75, 3.05) is 13.7 Å². The molecule has 0 radical (unpaired) electrons. The van der Waals surface area contributed by atoms with Crippen molar-refractivity contribution >= 4 is 26.9 Å². The van der Waals surface area contributed by atoms with Crippen molar-refractivity contribution in [2.45, 2.75) is 36.6 Å². The molecule has 1 saturated heterocycles. The van der Waals surface area contributed by atoms with Gasteiger partial charge in [-0.25, -0.2) is 13.2 Å². The van der Waals surface area contributed by atoms with Crippen LogP contribution in [0.25, 0.3) is 10.9 Å². The summed E-state index contributed by atoms with van der Waals surface area (Å²) in [6.07, 6.45) is 3.34. The fourth-order valence-electron chi connectivity index (χ4n) is 5.48. The minimum atomic E-state index is -3.76. The van der Waals surface area contributed by atoms with Gasteiger partial charge in [0, 0.05) is 48.2 Å². The Bertz CT molecular complexity index is 1570. The first-order valence-electron chi connectivity index (χ1n) is 12.3. The Morgan fingerprint density at radius 2 is 1.78 bits per heavy atom. The molecule has 2 heterocycles. The maximum atomic E-state index is 13.8. The Balaban J connectivity index is 1.68. The van der Waals surface area contributed by atoms with Gasteiger partial charge >= 0.3 is 5.97 Å². The lowest BCUT2D eigenvalue weighted by atomic mass is 9.83. The number of ether oxygens (including phenoxy) is 1. The summed E-state index contributed by atoms with van der Waals surface area (Å²) >= 11 is 0. The summed E-state index contributed by atoms with van der Waals surface area (Å²) < 4.78 is 36.1. The first kappa shape index (κ1) is 25.0. The second-order valence-corrected chi connectivity index (χ2v) is 11.5. The van der Waals surface area contributed by atoms with E-state index in [4.69, 9.17) is 4.74 Å². The van der Waals surface area contributed by atoms with Crippen molar-refractivity contribution in [1.29, 1.82) is 0 Å². The zero-order valence-corrected chi connectivity index (χ0v) is 21.9. The highest BCUT2D eigenvalue weighted by molar-refractivity contribution is 7.89. The zero-order chi connectivity index (χ0) is 26.3. The van der Waals surface area contributed by atoms with E-state index in [9.17, 15) is 18.3 Å². The van der Waals surface area contributed by atoms with Gasteiger partial charge < -0.3 is 14.4 Å². The van der Waals surface area contributed by atoms with Crippen LogP contribution in [0.5, 0.6) is 5.75 Å². The molecule has 0 saturated carbocycles. The number of esters is 1. The van der Waals surface area contributed by atoms with Gasteiger partial charge in [0.1, 0.15) is 5.75 Å². The number of aromatic nitrogens is 1. The van der Waals surface area contributed by atoms with Crippen molar-refractivity contribution in [3.05, 3.63) is 95.2 Å². The average molecular weight is 519 g/mol. The summed E-state index contributed by atoms with van der Waals surface area (Å²) in [4.78, 5) is 12.4. The highest BCUT2D eigenvalue weighted by Crippen LogP contribution is 2.44. The number of phenols is 1. The lowest BCUT2D eigenvalue weighted by Crippen LogP contribution is -2.39. The number of hydrogen-bond donors (Lipinski definition) is 1. The number of rotatable bonds is 6. The Kier molecular flexibility index (Phi) is 6.56. The summed E-state index contributed by atoms with van der Waals surface area (Å²) in [5, 5.41) is 11.8. The van der Waals surface area contributed by atoms with Gasteiger partial charge in [0.2, 0.25) is 10.0 Å². The number of carbonyl (C=O) groups excluding carboxylic acids is 1. The lowest BCUT2D eigenvalue weighted by Gasteiger charge is -2.32. The third-order valence-electron chi connectivity index (χ3n) is 7.31. The van der Waals surface area contributed by atoms with Crippen LogP contribution in [-0.4, -0.2) is 48.1 Å². The van der Waals surface area contributed by atoms with Gasteiger partial charge in [0.15, 0.2) is 0 Å². The van der Waals surface area contributed by atoms with E-state index in [0.29, 0.717) is 24.1 Å². The molecule has 0 spiro atoms. The molecule has 2 atom stereocenters. The predicted molar refractivity (Wildman–Crippen MR) is 142 cm³/mol. The molecule has 1 fully saturated rings. The molecule has 0 aliphatic carbocycles. The van der Waals surface area contributed by atoms with E-state index in [-0.39, 0.29) is 10.6 Å². The Morgan fingerprint density at radius 3 is 2.49 bits per heavy atom. The maximum Gasteiger partial charge on any atom is 0.337 e. The number of nitrogens with zero attached hydrogens (tertiary/aromatic N) is 2. The van der Waals surface area contributed by atoms with Crippen LogP contribution in [0.2, 0.25) is 0 Å². The summed E-state index contributed by atoms with van der Waals surface area (Å²) in [6.45, 7) is 2.33. The van der Waals surface area contributed by atoms with E-state index in [1.165, 1.54) is 7.11 Å². The van der Waals surface area contributed by atoms with Gasteiger partial charge in [0.05, 0.1) is 17.6 Å². The normalized spacial score (nSPS) is 17.2. The summed E-state index contributed by atoms with van der Waals surface area (Å²) in [5.41, 5.74) is 3.82. The molecule has 5 rings (SSSR count). The smallest absolute Gasteiger partial charge is 0.337 e. The fraction of sp³-hybridized carbons (Fsp3) is 0.276. The third-order valence-corrected chi connectivity index (χ3v) is 9.25. The van der Waals surface area contributed by atoms with E-state index in [1.54, 1.807) is 40.7 Å². The number of phenolic OH excluding ortho intramolecular Hbond substituents is 1. The SMILES string of the molecule is COC(=O)c1ccc2c([C@H](c3ccccc3O)[C@H]3CCCN3S(=O)(=O)c3ccc(C)cc3)cn(C)c2c1. The topological polar surface area (TPSA) is 88.8 Å². The molecule has 192 valence electrons. The summed E-state index contributed by atoms with van der Waals surface area (Å²) in [7, 11) is -0.522. The zero-order valence-electron chi connectivity index (χ0n) is 21.1. The van der Waals surface area contributed by atoms with Crippen LogP contribution >= 0.6 is 0 Å². The number of sulfonamides is 1. The Hall–Kier alpha value is -3.62. The monoisotopic (exact) mass is 518 g/mol. The van der Waals surface area contributed by atoms with Crippen LogP contribution in [0.1, 0.15) is 45.8 Å². The number of para-hydroxylation sites is 1. The highest BCUT2D eigenvalue weighted by atomic mass is 32.2. The molecular formula is C29H30N2O5S. The fourth-order valence-corrected chi connectivity index (χ4v) is 7.19. The number of carbonyl (C=O) groups is 1. The molecule has 1 aliphatic rings. The molecule has 8 heteroatoms. The van der Waals surface area contributed by atoms with Crippen molar-refractivity contribution in [2.24, 2.45) is 7.05 Å². The van der Waals surface area contributed by atoms with Crippen molar-refractivity contribution in [3.8, 4) is 5.75 Å². The number of aromatic hydroxyl groups is 1. The molecule has 0 amide bonds. The van der Waals surface area contributed by atoms with Crippen LogP contribution in [0.3, 0.4) is 0 Å². The summed E-state index contributed by atoms with van der Waals surface area (Å²) in [6, 6.07) is 19.0. The van der Waals surface area contributed by atoms with E-state index in [2.05, 4.69) is 0 Å². The average Bonchev–Trinajstić information content (AvgIpc) is 3.51. The Labute approximate surface area is 217 Å². The first-order chi connectivity index (χ1) is 17.7. The molecule has 7 nitrogen and oxygen atoms in total. The summed E-state index contributed by atoms with van der Waals surface area (Å²) in [5.74, 6) is -0.722. The van der Waals surface area contributed by atoms with Gasteiger partial charge in [-0.2, -0.15) is 4.31 Å². The van der Waals surface area contributed by atoms with Crippen LogP contribution in [0.15, 0.2) is 77.8 Å². The number of hydrogen-bond acceptors (Lipinski definition) is 5. The molecule has 1 aromatic heterocycles. The number of aryl methyl sites for hydroxylation is 2. The largest absolute Gasteiger partial charge is 0.508 e. The lowest BCUT2D eigenvalue weighted by molar-refractivity contribution is 0.0601. The van der Waals surface area contributed by atoms with Crippen molar-refractivity contribution in [1.82, 2.24) is 8.87 Å². The molecule has 1 aliphatic heterocycles. The Morgan fingerprint density at radius 1 is 1.05 bits per heavy atom. The second kappa shape index (κ2) is 9.68. The van der Waals surface area contributed by atoms with Gasteiger partial charge in [-0.1, -0.05) is 42.0 Å². The van der Waals surface area contributed by atoms with Gasteiger partial charge in [0.25, 0.3) is 0 Å². The minimum absolute atomic E-state index is 0.121. The molecule has 0 unspecified atom stereocenters. The van der Waals surface area contributed by atoms with Gasteiger partial charge in [-0.3, -0.25) is 0 Å². The molecule has 1 N–H and O–H groups in total. The molecule has 0 bridgehead atoms. The van der Waals surface area contributed by atoms with Crippen LogP contribution in [-0.2, 0) is 21.8 Å². The van der Waals surface area contributed by atoms with Crippen LogP contribution < -0.4 is 0 Å². The molecular weight excluding hydrogens is 488 g/mol. The quantitative estimate of drug-likeness (QED) is 0.364. The van der Waals surface area contributed by atoms with Gasteiger partial charge in [-0.15, -0.1) is 0 Å². The number of methoxy groups -OCH3 is 1. The van der Waals surface area contributed by atoms with Crippen molar-refractivity contribution < 1.29 is 23.1 Å². The van der Waals surface area contributed by atoms with Crippen molar-refractivity contribution in [3.63, 3.8) is 0 Å². The number of benzene rings is 3. The molecule has 3 aromatic carbocycles. The van der Waals surface area contributed by atoms with E-state index < -0.39 is 28.0 Å². The predicted octanol–water partition coefficient (Wildman–Crippen LogP) is 4.96. The van der Waals surface area contributed by atoms with Crippen LogP contribution in [0.4, 0.5) is 0 Å². The van der Waals surface area contributed by atoms with E-state index in [1.807, 2.05) is 55.1 Å². The number of fused-ring (bicyclic) bond motifs is 1. The highest BCUT2D eigenvalue weighted by Gasteiger charge is 2.42. The van der Waals surface area contributed by atoms with E-state index >= 15 is 0 Å². The minimum Gasteiger partial charge on any atom is -0.508 e. The molecule has 37 heavy (non-hydrogen) atoms. The van der Waals surface area contributed by atoms with Gasteiger partial charge in [-0.05, 0) is 55.7 Å². The molecule has 4 aromatic rings.